The number of hydrogen-bond acceptors (Lipinski definition) is 3. The number of aliphatic hydroxyl groups excluding tert-OH is 1. The van der Waals surface area contributed by atoms with Crippen molar-refractivity contribution in [1.82, 2.24) is 0 Å². The van der Waals surface area contributed by atoms with Crippen LogP contribution in [0.4, 0.5) is 23.2 Å². The van der Waals surface area contributed by atoms with Crippen LogP contribution in [0.15, 0.2) is 42.5 Å². The lowest BCUT2D eigenvalue weighted by Gasteiger charge is -2.20. The molecule has 2 aromatic rings. The zero-order valence-corrected chi connectivity index (χ0v) is 15.1. The summed E-state index contributed by atoms with van der Waals surface area (Å²) in [7, 11) is 0. The summed E-state index contributed by atoms with van der Waals surface area (Å²) >= 11 is 0. The summed E-state index contributed by atoms with van der Waals surface area (Å²) in [5.41, 5.74) is -0.0119. The molecule has 0 bridgehead atoms. The largest absolute Gasteiger partial charge is 0.419 e. The molecule has 1 aliphatic carbocycles. The van der Waals surface area contributed by atoms with Crippen LogP contribution in [-0.2, 0) is 17.4 Å². The minimum absolute atomic E-state index is 0.0902. The highest BCUT2D eigenvalue weighted by atomic mass is 19.4. The second kappa shape index (κ2) is 8.16. The Labute approximate surface area is 163 Å². The fourth-order valence-corrected chi connectivity index (χ4v) is 3.21. The van der Waals surface area contributed by atoms with E-state index in [1.165, 1.54) is 0 Å². The number of amides is 1. The summed E-state index contributed by atoms with van der Waals surface area (Å²) in [5.74, 6) is -2.61. The number of rotatable bonds is 5. The highest BCUT2D eigenvalue weighted by Crippen LogP contribution is 2.32. The number of aliphatic hydroxyl groups is 1. The maximum Gasteiger partial charge on any atom is 0.419 e. The first-order valence-electron chi connectivity index (χ1n) is 8.82. The van der Waals surface area contributed by atoms with Crippen molar-refractivity contribution in [3.05, 3.63) is 70.5 Å². The molecule has 0 aliphatic heterocycles. The highest BCUT2D eigenvalue weighted by Gasteiger charge is 2.34. The molecule has 1 atom stereocenters. The lowest BCUT2D eigenvalue weighted by Crippen LogP contribution is -2.21. The molecule has 152 valence electrons. The predicted molar refractivity (Wildman–Crippen MR) is 98.7 cm³/mol. The Morgan fingerprint density at radius 1 is 1.17 bits per heavy atom. The first-order valence-corrected chi connectivity index (χ1v) is 8.82. The Balaban J connectivity index is 1.76. The van der Waals surface area contributed by atoms with E-state index in [0.29, 0.717) is 35.4 Å². The summed E-state index contributed by atoms with van der Waals surface area (Å²) in [5, 5.41) is 11.7. The van der Waals surface area contributed by atoms with E-state index in [-0.39, 0.29) is 24.4 Å². The Morgan fingerprint density at radius 3 is 2.59 bits per heavy atom. The van der Waals surface area contributed by atoms with Crippen molar-refractivity contribution in [2.45, 2.75) is 19.0 Å². The second-order valence-electron chi connectivity index (χ2n) is 6.65. The van der Waals surface area contributed by atoms with Crippen LogP contribution >= 0.6 is 0 Å². The molecule has 29 heavy (non-hydrogen) atoms. The molecule has 0 radical (unpaired) electrons. The van der Waals surface area contributed by atoms with E-state index in [1.54, 1.807) is 30.4 Å². The van der Waals surface area contributed by atoms with E-state index < -0.39 is 29.4 Å². The van der Waals surface area contributed by atoms with Crippen LogP contribution in [-0.4, -0.2) is 23.4 Å². The zero-order valence-electron chi connectivity index (χ0n) is 15.1. The van der Waals surface area contributed by atoms with Gasteiger partial charge in [0.15, 0.2) is 5.78 Å². The lowest BCUT2D eigenvalue weighted by molar-refractivity contribution is -0.140. The fourth-order valence-electron chi connectivity index (χ4n) is 3.21. The smallest absolute Gasteiger partial charge is 0.396 e. The normalized spacial score (nSPS) is 15.9. The number of anilines is 1. The number of alkyl halides is 3. The molecule has 3 rings (SSSR count). The van der Waals surface area contributed by atoms with Gasteiger partial charge >= 0.3 is 6.18 Å². The average Bonchev–Trinajstić information content (AvgIpc) is 2.63. The van der Waals surface area contributed by atoms with E-state index in [4.69, 9.17) is 5.11 Å². The monoisotopic (exact) mass is 407 g/mol. The van der Waals surface area contributed by atoms with Crippen molar-refractivity contribution >= 4 is 23.5 Å². The Morgan fingerprint density at radius 2 is 1.93 bits per heavy atom. The molecule has 1 amide bonds. The van der Waals surface area contributed by atoms with Crippen LogP contribution < -0.4 is 5.32 Å². The van der Waals surface area contributed by atoms with Gasteiger partial charge < -0.3 is 10.4 Å². The van der Waals surface area contributed by atoms with Gasteiger partial charge in [-0.3, -0.25) is 9.59 Å². The van der Waals surface area contributed by atoms with E-state index >= 15 is 0 Å². The van der Waals surface area contributed by atoms with Gasteiger partial charge in [0.1, 0.15) is 5.82 Å². The number of nitrogens with one attached hydrogen (secondary N) is 1. The van der Waals surface area contributed by atoms with Crippen LogP contribution in [0.25, 0.3) is 6.08 Å². The fraction of sp³-hybridized carbons (Fsp3) is 0.238. The molecule has 1 aliphatic rings. The first kappa shape index (κ1) is 20.7. The third kappa shape index (κ3) is 4.54. The minimum atomic E-state index is -4.80. The van der Waals surface area contributed by atoms with E-state index in [2.05, 4.69) is 5.32 Å². The number of carbonyl (C=O) groups excluding carboxylic acids is 2. The van der Waals surface area contributed by atoms with Crippen LogP contribution in [0, 0.1) is 11.7 Å². The van der Waals surface area contributed by atoms with Crippen molar-refractivity contribution < 1.29 is 32.3 Å². The summed E-state index contributed by atoms with van der Waals surface area (Å²) in [6, 6.07) is 7.14. The topological polar surface area (TPSA) is 66.4 Å². The van der Waals surface area contributed by atoms with E-state index in [0.717, 1.165) is 6.07 Å². The van der Waals surface area contributed by atoms with Gasteiger partial charge in [0.2, 0.25) is 5.91 Å². The predicted octanol–water partition coefficient (Wildman–Crippen LogP) is 4.23. The maximum atomic E-state index is 13.7. The Hall–Kier alpha value is -3.00. The number of fused-ring (bicyclic) bond motifs is 1. The van der Waals surface area contributed by atoms with Crippen LogP contribution in [0.3, 0.4) is 0 Å². The van der Waals surface area contributed by atoms with Gasteiger partial charge in [-0.15, -0.1) is 0 Å². The molecule has 2 N–H and O–H groups in total. The van der Waals surface area contributed by atoms with Crippen molar-refractivity contribution in [3.63, 3.8) is 0 Å². The van der Waals surface area contributed by atoms with Crippen molar-refractivity contribution in [2.75, 3.05) is 11.9 Å². The first-order chi connectivity index (χ1) is 13.7. The quantitative estimate of drug-likeness (QED) is 0.729. The number of Topliss-reactive ketones (excluding diaryl/α,β-unsaturated/α-hetero) is 1. The molecule has 4 nitrogen and oxygen atoms in total. The molecular weight excluding hydrogens is 390 g/mol. The van der Waals surface area contributed by atoms with Crippen LogP contribution in [0.5, 0.6) is 0 Å². The van der Waals surface area contributed by atoms with Gasteiger partial charge in [-0.2, -0.15) is 13.2 Å². The van der Waals surface area contributed by atoms with Crippen LogP contribution in [0.1, 0.15) is 33.5 Å². The number of halogens is 4. The van der Waals surface area contributed by atoms with Crippen molar-refractivity contribution in [1.29, 1.82) is 0 Å². The van der Waals surface area contributed by atoms with Crippen molar-refractivity contribution in [2.24, 2.45) is 5.92 Å². The van der Waals surface area contributed by atoms with Gasteiger partial charge in [0.25, 0.3) is 0 Å². The van der Waals surface area contributed by atoms with E-state index in [9.17, 15) is 27.2 Å². The molecule has 0 heterocycles. The summed E-state index contributed by atoms with van der Waals surface area (Å²) < 4.78 is 51.6. The van der Waals surface area contributed by atoms with Gasteiger partial charge in [-0.05, 0) is 30.2 Å². The lowest BCUT2D eigenvalue weighted by atomic mass is 9.86. The van der Waals surface area contributed by atoms with Gasteiger partial charge in [-0.25, -0.2) is 4.39 Å². The molecule has 0 spiro atoms. The molecule has 0 aromatic heterocycles. The standard InChI is InChI=1S/C21H17F4NO3/c22-17-10-12(4-7-16(17)21(23,24)25)11-19(28)26-18-3-1-2-15-14(18)6-5-13(8-9-27)20(15)29/h1-7,10,13,27H,8-9,11H2,(H,26,28)/t13-/m1/s1. The SMILES string of the molecule is O=C(Cc1ccc(C(F)(F)F)c(F)c1)Nc1cccc2c1C=C[C@H](CCO)C2=O. The molecule has 8 heteroatoms. The Bertz CT molecular complexity index is 982. The minimum Gasteiger partial charge on any atom is -0.396 e. The van der Waals surface area contributed by atoms with Crippen LogP contribution in [0.2, 0.25) is 0 Å². The summed E-state index contributed by atoms with van der Waals surface area (Å²) in [6.07, 6.45) is -1.50. The summed E-state index contributed by atoms with van der Waals surface area (Å²) in [6.45, 7) is -0.129. The van der Waals surface area contributed by atoms with Gasteiger partial charge in [-0.1, -0.05) is 30.4 Å². The molecule has 0 saturated carbocycles. The number of hydrogen-bond donors (Lipinski definition) is 2. The molecule has 0 fully saturated rings. The zero-order chi connectivity index (χ0) is 21.2. The second-order valence-corrected chi connectivity index (χ2v) is 6.65. The highest BCUT2D eigenvalue weighted by molar-refractivity contribution is 6.07. The maximum absolute atomic E-state index is 13.7. The average molecular weight is 407 g/mol. The number of ketones is 1. The van der Waals surface area contributed by atoms with Gasteiger partial charge in [0.05, 0.1) is 12.0 Å². The molecule has 0 saturated heterocycles. The Kier molecular flexibility index (Phi) is 5.83. The van der Waals surface area contributed by atoms with E-state index in [1.807, 2.05) is 0 Å². The van der Waals surface area contributed by atoms with Gasteiger partial charge in [0, 0.05) is 29.3 Å². The molecule has 0 unspecified atom stereocenters. The number of benzene rings is 2. The number of carbonyl (C=O) groups is 2. The number of allylic oxidation sites excluding steroid dienone is 1. The van der Waals surface area contributed by atoms with Crippen molar-refractivity contribution in [3.8, 4) is 0 Å². The summed E-state index contributed by atoms with van der Waals surface area (Å²) in [4.78, 5) is 24.8. The molecular formula is C21H17F4NO3. The third-order valence-corrected chi connectivity index (χ3v) is 4.62. The molecule has 2 aromatic carbocycles. The third-order valence-electron chi connectivity index (χ3n) is 4.62.